The van der Waals surface area contributed by atoms with Crippen molar-refractivity contribution in [3.05, 3.63) is 0 Å². The van der Waals surface area contributed by atoms with Crippen molar-refractivity contribution < 1.29 is 31.1 Å². The smallest absolute Gasteiger partial charge is 0.327 e. The number of carbonyl (C=O) groups excluding carboxylic acids is 1. The maximum absolute atomic E-state index is 11.5. The fourth-order valence-electron chi connectivity index (χ4n) is 0.591. The topological polar surface area (TPSA) is 20.3 Å². The first-order valence-corrected chi connectivity index (χ1v) is 2.97. The minimum atomic E-state index is -4.81. The quantitative estimate of drug-likeness (QED) is 0.510. The van der Waals surface area contributed by atoms with E-state index in [0.717, 1.165) is 0 Å². The molecule has 0 saturated heterocycles. The van der Waals surface area contributed by atoms with E-state index in [1.54, 1.807) is 0 Å². The second kappa shape index (κ2) is 3.84. The first kappa shape index (κ1) is 12.0. The van der Waals surface area contributed by atoms with Crippen molar-refractivity contribution in [1.82, 2.24) is 4.90 Å². The molecule has 0 aliphatic rings. The number of carbonyl (C=O) groups is 1. The van der Waals surface area contributed by atoms with Gasteiger partial charge >= 0.3 is 12.4 Å². The summed E-state index contributed by atoms with van der Waals surface area (Å²) in [6.45, 7) is -3.79. The highest BCUT2D eigenvalue weighted by atomic mass is 19.4. The molecule has 2 nitrogen and oxygen atoms in total. The van der Waals surface area contributed by atoms with Gasteiger partial charge in [0, 0.05) is 0 Å². The Hall–Kier alpha value is -0.950. The lowest BCUT2D eigenvalue weighted by Crippen LogP contribution is -2.39. The fraction of sp³-hybridized carbons (Fsp3) is 0.800. The highest BCUT2D eigenvalue weighted by molar-refractivity contribution is 5.47. The molecular weight excluding hydrogens is 204 g/mol. The van der Waals surface area contributed by atoms with Gasteiger partial charge in [-0.2, -0.15) is 26.3 Å². The van der Waals surface area contributed by atoms with Crippen molar-refractivity contribution in [3.63, 3.8) is 0 Å². The molecule has 0 aromatic heterocycles. The van der Waals surface area contributed by atoms with E-state index in [1.165, 1.54) is 0 Å². The van der Waals surface area contributed by atoms with Gasteiger partial charge in [-0.25, -0.2) is 0 Å². The normalized spacial score (nSPS) is 12.8. The van der Waals surface area contributed by atoms with E-state index >= 15 is 0 Å². The van der Waals surface area contributed by atoms with Crippen molar-refractivity contribution in [2.45, 2.75) is 12.4 Å². The van der Waals surface area contributed by atoms with E-state index in [-0.39, 0.29) is 4.90 Å². The van der Waals surface area contributed by atoms with Crippen LogP contribution in [0.3, 0.4) is 0 Å². The third-order valence-electron chi connectivity index (χ3n) is 0.914. The average Bonchev–Trinajstić information content (AvgIpc) is 1.79. The molecule has 0 atom stereocenters. The Morgan fingerprint density at radius 3 is 1.38 bits per heavy atom. The summed E-state index contributed by atoms with van der Waals surface area (Å²) in [5, 5.41) is 0. The zero-order chi connectivity index (χ0) is 10.7. The molecule has 0 aromatic carbocycles. The standard InChI is InChI=1S/C5H5F6NO/c6-4(7,8)1-12(3-13)2-5(9,10)11/h3H,1-2H2. The first-order chi connectivity index (χ1) is 5.64. The molecule has 0 spiro atoms. The molecule has 1 amide bonds. The van der Waals surface area contributed by atoms with Crippen molar-refractivity contribution >= 4 is 6.41 Å². The fourth-order valence-corrected chi connectivity index (χ4v) is 0.591. The Labute approximate surface area is 69.1 Å². The highest BCUT2D eigenvalue weighted by Gasteiger charge is 2.36. The van der Waals surface area contributed by atoms with Crippen LogP contribution in [-0.4, -0.2) is 36.8 Å². The Bertz CT molecular complexity index is 157. The Morgan fingerprint density at radius 1 is 0.923 bits per heavy atom. The number of hydrogen-bond acceptors (Lipinski definition) is 1. The van der Waals surface area contributed by atoms with Crippen LogP contribution in [0.15, 0.2) is 0 Å². The van der Waals surface area contributed by atoms with Gasteiger partial charge in [-0.3, -0.25) is 4.79 Å². The minimum Gasteiger partial charge on any atom is -0.327 e. The predicted molar refractivity (Wildman–Crippen MR) is 29.7 cm³/mol. The summed E-state index contributed by atoms with van der Waals surface area (Å²) in [7, 11) is 0. The lowest BCUT2D eigenvalue weighted by Gasteiger charge is -2.20. The molecule has 0 aliphatic carbocycles. The van der Waals surface area contributed by atoms with E-state index < -0.39 is 31.9 Å². The molecule has 0 unspecified atom stereocenters. The van der Waals surface area contributed by atoms with Crippen LogP contribution in [0.25, 0.3) is 0 Å². The number of halogens is 6. The summed E-state index contributed by atoms with van der Waals surface area (Å²) in [6, 6.07) is 0. The molecule has 0 aromatic rings. The van der Waals surface area contributed by atoms with Crippen LogP contribution in [-0.2, 0) is 4.79 Å². The number of amides is 1. The van der Waals surface area contributed by atoms with E-state index in [1.807, 2.05) is 0 Å². The van der Waals surface area contributed by atoms with Crippen LogP contribution in [0.4, 0.5) is 26.3 Å². The van der Waals surface area contributed by atoms with Gasteiger partial charge < -0.3 is 4.90 Å². The van der Waals surface area contributed by atoms with Gasteiger partial charge in [-0.05, 0) is 0 Å². The van der Waals surface area contributed by atoms with Gasteiger partial charge in [-0.1, -0.05) is 0 Å². The highest BCUT2D eigenvalue weighted by Crippen LogP contribution is 2.20. The molecule has 0 rings (SSSR count). The molecule has 0 aliphatic heterocycles. The molecular formula is C5H5F6NO. The molecule has 0 bridgehead atoms. The maximum Gasteiger partial charge on any atom is 0.406 e. The Kier molecular flexibility index (Phi) is 3.56. The zero-order valence-corrected chi connectivity index (χ0v) is 6.11. The molecule has 0 saturated carbocycles. The summed E-state index contributed by atoms with van der Waals surface area (Å²) in [6.07, 6.45) is -10.1. The maximum atomic E-state index is 11.5. The third kappa shape index (κ3) is 7.41. The van der Waals surface area contributed by atoms with Gasteiger partial charge in [0.2, 0.25) is 6.41 Å². The number of rotatable bonds is 3. The third-order valence-corrected chi connectivity index (χ3v) is 0.914. The minimum absolute atomic E-state index is 0.389. The molecule has 0 N–H and O–H groups in total. The van der Waals surface area contributed by atoms with Gasteiger partial charge in [0.1, 0.15) is 13.1 Å². The van der Waals surface area contributed by atoms with Gasteiger partial charge in [0.05, 0.1) is 0 Å². The van der Waals surface area contributed by atoms with Crippen LogP contribution >= 0.6 is 0 Å². The van der Waals surface area contributed by atoms with Gasteiger partial charge in [0.15, 0.2) is 0 Å². The van der Waals surface area contributed by atoms with E-state index in [4.69, 9.17) is 0 Å². The lowest BCUT2D eigenvalue weighted by molar-refractivity contribution is -0.181. The summed E-state index contributed by atoms with van der Waals surface area (Å²) >= 11 is 0. The summed E-state index contributed by atoms with van der Waals surface area (Å²) in [4.78, 5) is 9.40. The summed E-state index contributed by atoms with van der Waals surface area (Å²) in [5.41, 5.74) is 0. The number of alkyl halides is 6. The predicted octanol–water partition coefficient (Wildman–Crippen LogP) is 1.57. The number of hydrogen-bond donors (Lipinski definition) is 0. The molecule has 78 valence electrons. The second-order valence-corrected chi connectivity index (χ2v) is 2.24. The van der Waals surface area contributed by atoms with Crippen LogP contribution in [0, 0.1) is 0 Å². The van der Waals surface area contributed by atoms with E-state index in [0.29, 0.717) is 0 Å². The molecule has 0 radical (unpaired) electrons. The van der Waals surface area contributed by atoms with Crippen LogP contribution < -0.4 is 0 Å². The molecule has 8 heteroatoms. The molecule has 0 heterocycles. The van der Waals surface area contributed by atoms with Gasteiger partial charge in [0.25, 0.3) is 0 Å². The van der Waals surface area contributed by atoms with Crippen molar-refractivity contribution in [1.29, 1.82) is 0 Å². The van der Waals surface area contributed by atoms with E-state index in [2.05, 4.69) is 0 Å². The van der Waals surface area contributed by atoms with Gasteiger partial charge in [-0.15, -0.1) is 0 Å². The Morgan fingerprint density at radius 2 is 1.23 bits per heavy atom. The summed E-state index contributed by atoms with van der Waals surface area (Å²) in [5.74, 6) is 0. The van der Waals surface area contributed by atoms with Crippen molar-refractivity contribution in [2.24, 2.45) is 0 Å². The zero-order valence-electron chi connectivity index (χ0n) is 6.11. The largest absolute Gasteiger partial charge is 0.406 e. The van der Waals surface area contributed by atoms with Crippen molar-refractivity contribution in [3.8, 4) is 0 Å². The summed E-state index contributed by atoms with van der Waals surface area (Å²) < 4.78 is 69.0. The van der Waals surface area contributed by atoms with E-state index in [9.17, 15) is 31.1 Å². The monoisotopic (exact) mass is 209 g/mol. The van der Waals surface area contributed by atoms with Crippen molar-refractivity contribution in [2.75, 3.05) is 13.1 Å². The molecule has 0 fully saturated rings. The SMILES string of the molecule is O=CN(CC(F)(F)F)CC(F)(F)F. The van der Waals surface area contributed by atoms with Crippen LogP contribution in [0.1, 0.15) is 0 Å². The van der Waals surface area contributed by atoms with Crippen LogP contribution in [0.2, 0.25) is 0 Å². The van der Waals surface area contributed by atoms with Crippen LogP contribution in [0.5, 0.6) is 0 Å². The number of nitrogens with zero attached hydrogens (tertiary/aromatic N) is 1. The average molecular weight is 209 g/mol. The second-order valence-electron chi connectivity index (χ2n) is 2.24. The lowest BCUT2D eigenvalue weighted by atomic mass is 10.5. The molecule has 13 heavy (non-hydrogen) atoms. The first-order valence-electron chi connectivity index (χ1n) is 2.97. The Balaban J connectivity index is 4.13.